The zero-order valence-electron chi connectivity index (χ0n) is 30.0. The molecular formula is C37H30F7N9O5. The minimum absolute atomic E-state index is 0.00259. The number of nitrogens with zero attached hydrogens (tertiary/aromatic N) is 9. The van der Waals surface area contributed by atoms with Gasteiger partial charge in [-0.1, -0.05) is 10.4 Å². The molecule has 0 spiro atoms. The van der Waals surface area contributed by atoms with Crippen molar-refractivity contribution < 1.29 is 49.7 Å². The highest BCUT2D eigenvalue weighted by Gasteiger charge is 2.32. The Bertz CT molecular complexity index is 2510. The van der Waals surface area contributed by atoms with Crippen molar-refractivity contribution in [2.75, 3.05) is 31.1 Å². The van der Waals surface area contributed by atoms with Gasteiger partial charge in [-0.05, 0) is 73.5 Å². The van der Waals surface area contributed by atoms with Crippen molar-refractivity contribution in [3.63, 3.8) is 0 Å². The fourth-order valence-corrected chi connectivity index (χ4v) is 6.58. The third-order valence-electron chi connectivity index (χ3n) is 9.46. The molecule has 2 fully saturated rings. The fourth-order valence-electron chi connectivity index (χ4n) is 6.58. The second-order valence-corrected chi connectivity index (χ2v) is 13.6. The van der Waals surface area contributed by atoms with Crippen LogP contribution in [0.1, 0.15) is 40.6 Å². The smallest absolute Gasteiger partial charge is 0.455 e. The summed E-state index contributed by atoms with van der Waals surface area (Å²) < 4.78 is 108. The number of rotatable bonds is 11. The Hall–Kier alpha value is -6.51. The first-order valence-corrected chi connectivity index (χ1v) is 17.7. The molecule has 0 bridgehead atoms. The Morgan fingerprint density at radius 2 is 1.29 bits per heavy atom. The number of hydrogen-bond acceptors (Lipinski definition) is 11. The average molecular weight is 814 g/mol. The van der Waals surface area contributed by atoms with Crippen LogP contribution in [0, 0.1) is 5.82 Å². The molecule has 6 aromatic rings. The van der Waals surface area contributed by atoms with Crippen LogP contribution in [-0.4, -0.2) is 84.3 Å². The number of alkyl halides is 6. The van der Waals surface area contributed by atoms with Gasteiger partial charge in [-0.3, -0.25) is 9.69 Å². The predicted octanol–water partition coefficient (Wildman–Crippen LogP) is 6.11. The van der Waals surface area contributed by atoms with E-state index >= 15 is 4.39 Å². The van der Waals surface area contributed by atoms with Gasteiger partial charge in [0.1, 0.15) is 35.2 Å². The van der Waals surface area contributed by atoms with Crippen LogP contribution in [0.25, 0.3) is 22.3 Å². The van der Waals surface area contributed by atoms with E-state index in [1.165, 1.54) is 58.2 Å². The van der Waals surface area contributed by atoms with Crippen molar-refractivity contribution >= 4 is 22.6 Å². The van der Waals surface area contributed by atoms with E-state index in [0.717, 1.165) is 31.0 Å². The summed E-state index contributed by atoms with van der Waals surface area (Å²) in [6.07, 6.45) is -3.52. The second-order valence-electron chi connectivity index (χ2n) is 13.6. The van der Waals surface area contributed by atoms with Gasteiger partial charge < -0.3 is 23.7 Å². The van der Waals surface area contributed by atoms with Gasteiger partial charge in [0, 0.05) is 50.3 Å². The van der Waals surface area contributed by atoms with Crippen molar-refractivity contribution in [3.8, 4) is 22.9 Å². The number of piperazine rings is 1. The molecule has 0 unspecified atom stereocenters. The van der Waals surface area contributed by atoms with Crippen molar-refractivity contribution in [2.24, 2.45) is 0 Å². The molecule has 1 aliphatic heterocycles. The summed E-state index contributed by atoms with van der Waals surface area (Å²) in [6, 6.07) is 12.9. The van der Waals surface area contributed by atoms with Crippen LogP contribution < -0.4 is 19.8 Å². The van der Waals surface area contributed by atoms with E-state index in [9.17, 15) is 35.9 Å². The minimum atomic E-state index is -4.84. The van der Waals surface area contributed by atoms with Gasteiger partial charge in [0.05, 0.1) is 40.7 Å². The lowest BCUT2D eigenvalue weighted by Crippen LogP contribution is -2.46. The summed E-state index contributed by atoms with van der Waals surface area (Å²) in [7, 11) is 0. The quantitative estimate of drug-likeness (QED) is 0.111. The van der Waals surface area contributed by atoms with Gasteiger partial charge in [-0.15, -0.1) is 36.5 Å². The average Bonchev–Trinajstić information content (AvgIpc) is 3.72. The van der Waals surface area contributed by atoms with E-state index in [1.54, 1.807) is 16.8 Å². The molecule has 0 amide bonds. The number of fused-ring (bicyclic) bond motifs is 1. The van der Waals surface area contributed by atoms with Crippen LogP contribution in [0.2, 0.25) is 0 Å². The molecule has 0 N–H and O–H groups in total. The van der Waals surface area contributed by atoms with E-state index < -0.39 is 35.7 Å². The number of halogens is 7. The van der Waals surface area contributed by atoms with Crippen LogP contribution >= 0.6 is 0 Å². The zero-order chi connectivity index (χ0) is 40.8. The number of anilines is 1. The molecule has 8 rings (SSSR count). The Labute approximate surface area is 322 Å². The Morgan fingerprint density at radius 1 is 0.741 bits per heavy atom. The summed E-state index contributed by atoms with van der Waals surface area (Å²) in [5.41, 5.74) is 1.49. The topological polar surface area (TPSA) is 135 Å². The highest BCUT2D eigenvalue weighted by Crippen LogP contribution is 2.38. The SMILES string of the molecule is O=C(OCc1cn(-c2ccc(OC(F)(F)F)cc2)nn1)c1cn(C2CC2)c2cc(N3CCN(Cc4cn(-c5ccc(OC(F)(F)F)cc5)nn4)CC3)c(F)cc2c1=O. The molecule has 3 aromatic heterocycles. The minimum Gasteiger partial charge on any atom is -0.455 e. The maximum absolute atomic E-state index is 15.8. The van der Waals surface area contributed by atoms with Gasteiger partial charge in [0.2, 0.25) is 5.43 Å². The third-order valence-corrected chi connectivity index (χ3v) is 9.46. The summed E-state index contributed by atoms with van der Waals surface area (Å²) in [5, 5.41) is 16.1. The first-order chi connectivity index (χ1) is 27.7. The third kappa shape index (κ3) is 8.72. The molecule has 21 heteroatoms. The number of carbonyl (C=O) groups excluding carboxylic acids is 1. The van der Waals surface area contributed by atoms with Gasteiger partial charge in [0.25, 0.3) is 0 Å². The second kappa shape index (κ2) is 15.1. The van der Waals surface area contributed by atoms with E-state index in [0.29, 0.717) is 61.0 Å². The maximum Gasteiger partial charge on any atom is 0.573 e. The maximum atomic E-state index is 15.8. The summed E-state index contributed by atoms with van der Waals surface area (Å²) in [5.74, 6) is -2.34. The first kappa shape index (κ1) is 38.4. The highest BCUT2D eigenvalue weighted by molar-refractivity contribution is 5.94. The first-order valence-electron chi connectivity index (χ1n) is 17.7. The number of esters is 1. The molecule has 2 aliphatic rings. The summed E-state index contributed by atoms with van der Waals surface area (Å²) in [4.78, 5) is 30.9. The molecular weight excluding hydrogens is 783 g/mol. The number of hydrogen-bond donors (Lipinski definition) is 0. The molecule has 1 saturated heterocycles. The molecule has 0 radical (unpaired) electrons. The number of aromatic nitrogens is 7. The van der Waals surface area contributed by atoms with Crippen molar-refractivity contribution in [3.05, 3.63) is 112 Å². The number of carbonyl (C=O) groups is 1. The van der Waals surface area contributed by atoms with Crippen molar-refractivity contribution in [1.29, 1.82) is 0 Å². The van der Waals surface area contributed by atoms with Crippen molar-refractivity contribution in [2.45, 2.75) is 44.8 Å². The molecule has 4 heterocycles. The van der Waals surface area contributed by atoms with E-state index in [-0.39, 0.29) is 35.0 Å². The normalized spacial score (nSPS) is 15.2. The zero-order valence-corrected chi connectivity index (χ0v) is 30.0. The largest absolute Gasteiger partial charge is 0.573 e. The molecule has 1 aliphatic carbocycles. The van der Waals surface area contributed by atoms with E-state index in [4.69, 9.17) is 4.74 Å². The molecule has 0 atom stereocenters. The summed E-state index contributed by atoms with van der Waals surface area (Å²) in [6.45, 7) is 2.07. The molecule has 302 valence electrons. The number of ether oxygens (including phenoxy) is 3. The number of benzene rings is 3. The van der Waals surface area contributed by atoms with Crippen LogP contribution in [0.5, 0.6) is 11.5 Å². The fraction of sp³-hybridized carbons (Fsp3) is 0.297. The Morgan fingerprint density at radius 3 is 1.84 bits per heavy atom. The van der Waals surface area contributed by atoms with Gasteiger partial charge in [-0.2, -0.15) is 0 Å². The predicted molar refractivity (Wildman–Crippen MR) is 189 cm³/mol. The van der Waals surface area contributed by atoms with Gasteiger partial charge in [0.15, 0.2) is 0 Å². The monoisotopic (exact) mass is 813 g/mol. The van der Waals surface area contributed by atoms with Crippen LogP contribution in [-0.2, 0) is 17.9 Å². The lowest BCUT2D eigenvalue weighted by Gasteiger charge is -2.36. The lowest BCUT2D eigenvalue weighted by atomic mass is 10.1. The molecule has 14 nitrogen and oxygen atoms in total. The Kier molecular flexibility index (Phi) is 9.99. The molecule has 58 heavy (non-hydrogen) atoms. The summed E-state index contributed by atoms with van der Waals surface area (Å²) >= 11 is 0. The van der Waals surface area contributed by atoms with E-state index in [1.807, 2.05) is 4.90 Å². The van der Waals surface area contributed by atoms with Gasteiger partial charge in [-0.25, -0.2) is 18.5 Å². The van der Waals surface area contributed by atoms with Crippen LogP contribution in [0.4, 0.5) is 36.4 Å². The lowest BCUT2D eigenvalue weighted by molar-refractivity contribution is -0.275. The van der Waals surface area contributed by atoms with Crippen LogP contribution in [0.15, 0.2) is 84.0 Å². The highest BCUT2D eigenvalue weighted by atomic mass is 19.4. The Balaban J connectivity index is 0.912. The van der Waals surface area contributed by atoms with Gasteiger partial charge >= 0.3 is 18.7 Å². The molecule has 3 aromatic carbocycles. The number of pyridine rings is 1. The van der Waals surface area contributed by atoms with E-state index in [2.05, 4.69) is 35.0 Å². The van der Waals surface area contributed by atoms with Crippen molar-refractivity contribution in [1.82, 2.24) is 39.5 Å². The standard InChI is InChI=1S/C37H30F7N9O5/c38-31-15-29-32(16-33(31)50-13-11-49(12-14-50)17-22-18-52(47-45-22)25-3-7-27(8-4-25)57-36(39,40)41)51(24-1-2-24)20-30(34(29)54)35(55)56-21-23-19-53(48-46-23)26-5-9-28(10-6-26)58-37(42,43)44/h3-10,15-16,18-20,24H,1-2,11-14,17,21H2. The van der Waals surface area contributed by atoms with Crippen LogP contribution in [0.3, 0.4) is 0 Å². The molecule has 1 saturated carbocycles.